The summed E-state index contributed by atoms with van der Waals surface area (Å²) in [5.74, 6) is -1.42. The second-order valence-corrected chi connectivity index (χ2v) is 9.68. The van der Waals surface area contributed by atoms with E-state index in [1.165, 1.54) is 22.3 Å². The highest BCUT2D eigenvalue weighted by molar-refractivity contribution is 5.79. The number of hydrogen-bond donors (Lipinski definition) is 1. The Labute approximate surface area is 177 Å². The van der Waals surface area contributed by atoms with E-state index in [0.717, 1.165) is 6.42 Å². The first-order valence-corrected chi connectivity index (χ1v) is 10.6. The molecule has 5 heteroatoms. The molecule has 0 unspecified atom stereocenters. The highest BCUT2D eigenvalue weighted by Gasteiger charge is 2.42. The number of aliphatic carboxylic acids is 1. The zero-order valence-corrected chi connectivity index (χ0v) is 17.8. The summed E-state index contributed by atoms with van der Waals surface area (Å²) in [4.78, 5) is 26.1. The van der Waals surface area contributed by atoms with E-state index in [9.17, 15) is 14.7 Å². The van der Waals surface area contributed by atoms with Crippen LogP contribution in [-0.2, 0) is 9.53 Å². The quantitative estimate of drug-likeness (QED) is 0.774. The average Bonchev–Trinajstić information content (AvgIpc) is 3.24. The van der Waals surface area contributed by atoms with E-state index < -0.39 is 18.0 Å². The summed E-state index contributed by atoms with van der Waals surface area (Å²) in [6.07, 6.45) is 0.344. The molecule has 1 aliphatic heterocycles. The second-order valence-electron chi connectivity index (χ2n) is 9.68. The fourth-order valence-electron chi connectivity index (χ4n) is 4.98. The molecule has 1 saturated heterocycles. The van der Waals surface area contributed by atoms with E-state index in [1.54, 1.807) is 4.90 Å². The largest absolute Gasteiger partial charge is 0.481 e. The molecule has 1 heterocycles. The van der Waals surface area contributed by atoms with Crippen molar-refractivity contribution in [1.82, 2.24) is 4.90 Å². The molecule has 2 aromatic rings. The van der Waals surface area contributed by atoms with Crippen LogP contribution in [0.4, 0.5) is 4.79 Å². The molecule has 158 valence electrons. The summed E-state index contributed by atoms with van der Waals surface area (Å²) < 4.78 is 5.72. The minimum atomic E-state index is -0.835. The number of hydrogen-bond acceptors (Lipinski definition) is 3. The van der Waals surface area contributed by atoms with Gasteiger partial charge in [-0.3, -0.25) is 4.79 Å². The molecule has 5 nitrogen and oxygen atoms in total. The molecule has 1 amide bonds. The number of likely N-dealkylation sites (tertiary alicyclic amines) is 1. The molecule has 1 N–H and O–H groups in total. The number of ether oxygens (including phenoxy) is 1. The summed E-state index contributed by atoms with van der Waals surface area (Å²) in [5.41, 5.74) is 4.72. The van der Waals surface area contributed by atoms with Crippen molar-refractivity contribution >= 4 is 12.1 Å². The monoisotopic (exact) mass is 407 g/mol. The first kappa shape index (κ1) is 20.5. The number of carboxylic acid groups (broad SMARTS) is 1. The van der Waals surface area contributed by atoms with Crippen LogP contribution >= 0.6 is 0 Å². The van der Waals surface area contributed by atoms with Crippen LogP contribution in [-0.4, -0.2) is 41.8 Å². The smallest absolute Gasteiger partial charge is 0.409 e. The summed E-state index contributed by atoms with van der Waals surface area (Å²) in [6, 6.07) is 16.4. The fraction of sp³-hybridized carbons (Fsp3) is 0.440. The van der Waals surface area contributed by atoms with Crippen molar-refractivity contribution in [1.29, 1.82) is 0 Å². The van der Waals surface area contributed by atoms with Gasteiger partial charge in [0.1, 0.15) is 6.61 Å². The van der Waals surface area contributed by atoms with E-state index in [1.807, 2.05) is 24.3 Å². The zero-order chi connectivity index (χ0) is 21.5. The maximum atomic E-state index is 12.8. The van der Waals surface area contributed by atoms with Crippen LogP contribution in [0.5, 0.6) is 0 Å². The lowest BCUT2D eigenvalue weighted by Crippen LogP contribution is -2.31. The van der Waals surface area contributed by atoms with Crippen LogP contribution in [0.15, 0.2) is 48.5 Å². The van der Waals surface area contributed by atoms with Crippen molar-refractivity contribution in [3.05, 3.63) is 59.7 Å². The van der Waals surface area contributed by atoms with E-state index in [2.05, 4.69) is 45.0 Å². The molecule has 0 spiro atoms. The average molecular weight is 408 g/mol. The van der Waals surface area contributed by atoms with Gasteiger partial charge in [0.15, 0.2) is 0 Å². The van der Waals surface area contributed by atoms with Gasteiger partial charge in [-0.2, -0.15) is 0 Å². The van der Waals surface area contributed by atoms with Gasteiger partial charge in [0.2, 0.25) is 0 Å². The van der Waals surface area contributed by atoms with Crippen LogP contribution in [0.25, 0.3) is 11.1 Å². The van der Waals surface area contributed by atoms with Gasteiger partial charge in [-0.1, -0.05) is 69.3 Å². The van der Waals surface area contributed by atoms with Crippen molar-refractivity contribution in [2.24, 2.45) is 17.3 Å². The van der Waals surface area contributed by atoms with Crippen LogP contribution in [0.2, 0.25) is 0 Å². The fourth-order valence-corrected chi connectivity index (χ4v) is 4.98. The number of carboxylic acids is 1. The van der Waals surface area contributed by atoms with E-state index in [4.69, 9.17) is 4.74 Å². The van der Waals surface area contributed by atoms with Crippen molar-refractivity contribution < 1.29 is 19.4 Å². The van der Waals surface area contributed by atoms with Gasteiger partial charge >= 0.3 is 12.1 Å². The number of carbonyl (C=O) groups excluding carboxylic acids is 1. The Balaban J connectivity index is 1.46. The third-order valence-electron chi connectivity index (χ3n) is 6.23. The highest BCUT2D eigenvalue weighted by atomic mass is 16.6. The molecule has 0 aromatic heterocycles. The Morgan fingerprint density at radius 2 is 1.57 bits per heavy atom. The molecule has 2 aromatic carbocycles. The molecule has 0 radical (unpaired) electrons. The van der Waals surface area contributed by atoms with Gasteiger partial charge in [0.05, 0.1) is 5.92 Å². The lowest BCUT2D eigenvalue weighted by atomic mass is 9.80. The van der Waals surface area contributed by atoms with E-state index >= 15 is 0 Å². The van der Waals surface area contributed by atoms with E-state index in [0.29, 0.717) is 6.54 Å². The predicted molar refractivity (Wildman–Crippen MR) is 115 cm³/mol. The Morgan fingerprint density at radius 3 is 2.10 bits per heavy atom. The van der Waals surface area contributed by atoms with Gasteiger partial charge in [0, 0.05) is 19.0 Å². The molecule has 2 aliphatic rings. The molecular formula is C25H29NO4. The van der Waals surface area contributed by atoms with Gasteiger partial charge in [-0.05, 0) is 40.0 Å². The van der Waals surface area contributed by atoms with Crippen molar-refractivity contribution in [3.8, 4) is 11.1 Å². The molecule has 2 atom stereocenters. The second kappa shape index (κ2) is 7.78. The van der Waals surface area contributed by atoms with Crippen LogP contribution < -0.4 is 0 Å². The van der Waals surface area contributed by atoms with Gasteiger partial charge < -0.3 is 14.7 Å². The minimum Gasteiger partial charge on any atom is -0.481 e. The maximum absolute atomic E-state index is 12.8. The van der Waals surface area contributed by atoms with Gasteiger partial charge in [-0.15, -0.1) is 0 Å². The molecule has 1 aliphatic carbocycles. The Bertz CT molecular complexity index is 916. The van der Waals surface area contributed by atoms with Crippen molar-refractivity contribution in [2.75, 3.05) is 19.7 Å². The number of nitrogens with zero attached hydrogens (tertiary/aromatic N) is 1. The first-order chi connectivity index (χ1) is 14.2. The third-order valence-corrected chi connectivity index (χ3v) is 6.23. The number of amides is 1. The summed E-state index contributed by atoms with van der Waals surface area (Å²) in [5, 5.41) is 9.62. The van der Waals surface area contributed by atoms with Crippen LogP contribution in [0.3, 0.4) is 0 Å². The topological polar surface area (TPSA) is 66.8 Å². The molecule has 0 bridgehead atoms. The molecule has 0 saturated carbocycles. The van der Waals surface area contributed by atoms with Crippen LogP contribution in [0, 0.1) is 17.3 Å². The minimum absolute atomic E-state index is 0.00426. The number of fused-ring (bicyclic) bond motifs is 3. The Morgan fingerprint density at radius 1 is 1.00 bits per heavy atom. The molecular weight excluding hydrogens is 378 g/mol. The zero-order valence-electron chi connectivity index (χ0n) is 17.8. The molecule has 1 fully saturated rings. The third kappa shape index (κ3) is 3.93. The Hall–Kier alpha value is -2.82. The predicted octanol–water partition coefficient (Wildman–Crippen LogP) is 5.00. The normalized spacial score (nSPS) is 20.7. The molecule has 30 heavy (non-hydrogen) atoms. The van der Waals surface area contributed by atoms with E-state index in [-0.39, 0.29) is 30.4 Å². The maximum Gasteiger partial charge on any atom is 0.409 e. The molecule has 4 rings (SSSR count). The highest BCUT2D eigenvalue weighted by Crippen LogP contribution is 2.44. The first-order valence-electron chi connectivity index (χ1n) is 10.6. The SMILES string of the molecule is CC(C)(C)C[C@@H]1CN(C(=O)OCC2c3ccccc3-c3ccccc32)C[C@H]1C(=O)O. The van der Waals surface area contributed by atoms with Gasteiger partial charge in [0.25, 0.3) is 0 Å². The summed E-state index contributed by atoms with van der Waals surface area (Å²) in [7, 11) is 0. The lowest BCUT2D eigenvalue weighted by Gasteiger charge is -2.25. The summed E-state index contributed by atoms with van der Waals surface area (Å²) >= 11 is 0. The number of rotatable bonds is 4. The number of benzene rings is 2. The number of carbonyl (C=O) groups is 2. The Kier molecular flexibility index (Phi) is 5.31. The van der Waals surface area contributed by atoms with Crippen molar-refractivity contribution in [2.45, 2.75) is 33.1 Å². The van der Waals surface area contributed by atoms with Crippen LogP contribution in [0.1, 0.15) is 44.2 Å². The van der Waals surface area contributed by atoms with Gasteiger partial charge in [-0.25, -0.2) is 4.79 Å². The summed E-state index contributed by atoms with van der Waals surface area (Å²) in [6.45, 7) is 7.20. The standard InChI is InChI=1S/C25H29NO4/c1-25(2,3)12-16-13-26(14-21(16)23(27)28)24(29)30-15-22-19-10-6-4-8-17(19)18-9-5-7-11-20(18)22/h4-11,16,21-22H,12-15H2,1-3H3,(H,27,28)/t16-,21-/m1/s1. The van der Waals surface area contributed by atoms with Crippen molar-refractivity contribution in [3.63, 3.8) is 0 Å². The lowest BCUT2D eigenvalue weighted by molar-refractivity contribution is -0.142.